The molecular weight excluding hydrogens is 400 g/mol. The number of thiocarbonyl (C=S) groups is 1. The largest absolute Gasteiger partial charge is 0.374 e. The molecule has 5 heteroatoms. The number of hydrogen-bond acceptors (Lipinski definition) is 3. The number of nitrogens with zero attached hydrogens (tertiary/aromatic N) is 2. The molecule has 0 bridgehead atoms. The van der Waals surface area contributed by atoms with E-state index in [0.29, 0.717) is 5.11 Å². The van der Waals surface area contributed by atoms with Gasteiger partial charge in [0.1, 0.15) is 0 Å². The lowest BCUT2D eigenvalue weighted by Crippen LogP contribution is -2.43. The Morgan fingerprint density at radius 1 is 1.03 bits per heavy atom. The molecule has 1 atom stereocenters. The molecule has 0 spiro atoms. The van der Waals surface area contributed by atoms with Crippen LogP contribution in [0.25, 0.3) is 0 Å². The lowest BCUT2D eigenvalue weighted by atomic mass is 10.1. The first-order chi connectivity index (χ1) is 15.0. The van der Waals surface area contributed by atoms with Gasteiger partial charge in [0, 0.05) is 36.7 Å². The maximum Gasteiger partial charge on any atom is 0.171 e. The summed E-state index contributed by atoms with van der Waals surface area (Å²) < 4.78 is 0. The van der Waals surface area contributed by atoms with E-state index in [1.165, 1.54) is 43.4 Å². The van der Waals surface area contributed by atoms with Crippen LogP contribution in [0.2, 0.25) is 0 Å². The van der Waals surface area contributed by atoms with Crippen molar-refractivity contribution in [3.05, 3.63) is 54.4 Å². The molecule has 3 rings (SSSR count). The van der Waals surface area contributed by atoms with E-state index >= 15 is 0 Å². The van der Waals surface area contributed by atoms with Gasteiger partial charge in [-0.25, -0.2) is 0 Å². The third-order valence-corrected chi connectivity index (χ3v) is 6.05. The van der Waals surface area contributed by atoms with Crippen molar-refractivity contribution < 1.29 is 0 Å². The van der Waals surface area contributed by atoms with Gasteiger partial charge in [0.2, 0.25) is 0 Å². The van der Waals surface area contributed by atoms with Crippen LogP contribution in [0.3, 0.4) is 0 Å². The topological polar surface area (TPSA) is 30.5 Å². The smallest absolute Gasteiger partial charge is 0.171 e. The SMILES string of the molecule is C=C(CN1CCCCC(NC(=S)Nc2ccc(CC)cc2)C1=C)N1CCCC1.CCC. The summed E-state index contributed by atoms with van der Waals surface area (Å²) in [4.78, 5) is 4.82. The molecule has 0 amide bonds. The van der Waals surface area contributed by atoms with E-state index in [0.717, 1.165) is 50.4 Å². The van der Waals surface area contributed by atoms with Crippen LogP contribution in [0, 0.1) is 0 Å². The van der Waals surface area contributed by atoms with E-state index in [1.54, 1.807) is 0 Å². The number of likely N-dealkylation sites (tertiary alicyclic amines) is 2. The van der Waals surface area contributed by atoms with Gasteiger partial charge in [-0.3, -0.25) is 0 Å². The minimum atomic E-state index is 0.170. The second-order valence-electron chi connectivity index (χ2n) is 8.58. The van der Waals surface area contributed by atoms with Crippen molar-refractivity contribution in [1.82, 2.24) is 15.1 Å². The van der Waals surface area contributed by atoms with Crippen LogP contribution in [0.1, 0.15) is 64.9 Å². The number of nitrogens with one attached hydrogen (secondary N) is 2. The zero-order valence-electron chi connectivity index (χ0n) is 19.9. The van der Waals surface area contributed by atoms with Crippen molar-refractivity contribution in [3.63, 3.8) is 0 Å². The minimum Gasteiger partial charge on any atom is -0.374 e. The quantitative estimate of drug-likeness (QED) is 0.533. The standard InChI is InChI=1S/C23H34N4S.C3H8/c1-4-20-10-12-21(13-11-20)24-23(28)25-22-9-5-6-16-27(19(22)3)17-18(2)26-14-7-8-15-26;1-3-2/h10-13,22H,2-9,14-17H2,1H3,(H2,24,25,28);3H2,1-2H3. The Labute approximate surface area is 195 Å². The van der Waals surface area contributed by atoms with Crippen LogP contribution in [0.4, 0.5) is 5.69 Å². The van der Waals surface area contributed by atoms with Crippen molar-refractivity contribution in [2.24, 2.45) is 0 Å². The molecule has 172 valence electrons. The second-order valence-corrected chi connectivity index (χ2v) is 8.99. The predicted molar refractivity (Wildman–Crippen MR) is 139 cm³/mol. The molecule has 31 heavy (non-hydrogen) atoms. The van der Waals surface area contributed by atoms with Gasteiger partial charge in [0.15, 0.2) is 5.11 Å². The molecule has 0 aliphatic carbocycles. The number of rotatable bonds is 6. The number of hydrogen-bond donors (Lipinski definition) is 2. The summed E-state index contributed by atoms with van der Waals surface area (Å²) in [6.45, 7) is 19.4. The highest BCUT2D eigenvalue weighted by molar-refractivity contribution is 7.80. The number of benzene rings is 1. The van der Waals surface area contributed by atoms with Crippen molar-refractivity contribution in [3.8, 4) is 0 Å². The van der Waals surface area contributed by atoms with Crippen LogP contribution in [0.15, 0.2) is 48.8 Å². The molecule has 1 unspecified atom stereocenters. The van der Waals surface area contributed by atoms with Crippen LogP contribution in [0.5, 0.6) is 0 Å². The van der Waals surface area contributed by atoms with E-state index in [1.807, 2.05) is 0 Å². The molecule has 1 aromatic carbocycles. The lowest BCUT2D eigenvalue weighted by Gasteiger charge is -2.33. The highest BCUT2D eigenvalue weighted by atomic mass is 32.1. The van der Waals surface area contributed by atoms with Gasteiger partial charge in [-0.1, -0.05) is 52.5 Å². The van der Waals surface area contributed by atoms with Crippen LogP contribution < -0.4 is 10.6 Å². The van der Waals surface area contributed by atoms with Gasteiger partial charge in [-0.2, -0.15) is 0 Å². The van der Waals surface area contributed by atoms with Gasteiger partial charge < -0.3 is 20.4 Å². The van der Waals surface area contributed by atoms with E-state index < -0.39 is 0 Å². The van der Waals surface area contributed by atoms with Crippen molar-refractivity contribution in [2.45, 2.75) is 71.8 Å². The van der Waals surface area contributed by atoms with Crippen LogP contribution >= 0.6 is 12.2 Å². The monoisotopic (exact) mass is 442 g/mol. The summed E-state index contributed by atoms with van der Waals surface area (Å²) in [6.07, 6.45) is 8.28. The Kier molecular flexibility index (Phi) is 10.9. The van der Waals surface area contributed by atoms with Gasteiger partial charge in [0.05, 0.1) is 12.6 Å². The average Bonchev–Trinajstić information content (AvgIpc) is 3.25. The zero-order valence-corrected chi connectivity index (χ0v) is 20.7. The normalized spacial score (nSPS) is 18.7. The van der Waals surface area contributed by atoms with Gasteiger partial charge >= 0.3 is 0 Å². The lowest BCUT2D eigenvalue weighted by molar-refractivity contribution is 0.310. The van der Waals surface area contributed by atoms with E-state index in [-0.39, 0.29) is 6.04 Å². The molecule has 2 aliphatic heterocycles. The summed E-state index contributed by atoms with van der Waals surface area (Å²) in [7, 11) is 0. The fourth-order valence-electron chi connectivity index (χ4n) is 4.02. The van der Waals surface area contributed by atoms with Crippen molar-refractivity contribution >= 4 is 23.0 Å². The van der Waals surface area contributed by atoms with E-state index in [2.05, 4.69) is 78.6 Å². The Morgan fingerprint density at radius 3 is 2.26 bits per heavy atom. The third kappa shape index (κ3) is 8.21. The van der Waals surface area contributed by atoms with Crippen LogP contribution in [-0.4, -0.2) is 47.1 Å². The van der Waals surface area contributed by atoms with Crippen LogP contribution in [-0.2, 0) is 6.42 Å². The average molecular weight is 443 g/mol. The fraction of sp³-hybridized carbons (Fsp3) is 0.577. The number of anilines is 1. The van der Waals surface area contributed by atoms with E-state index in [4.69, 9.17) is 12.2 Å². The molecule has 1 aromatic rings. The molecule has 2 fully saturated rings. The second kappa shape index (κ2) is 13.4. The fourth-order valence-corrected chi connectivity index (χ4v) is 4.28. The van der Waals surface area contributed by atoms with Crippen molar-refractivity contribution in [2.75, 3.05) is 31.5 Å². The van der Waals surface area contributed by atoms with Gasteiger partial charge in [0.25, 0.3) is 0 Å². The Bertz CT molecular complexity index is 707. The highest BCUT2D eigenvalue weighted by Crippen LogP contribution is 2.23. The summed E-state index contributed by atoms with van der Waals surface area (Å²) in [6, 6.07) is 8.62. The molecule has 0 aromatic heterocycles. The van der Waals surface area contributed by atoms with Gasteiger partial charge in [-0.05, 0) is 68.4 Å². The Hall–Kier alpha value is -2.01. The van der Waals surface area contributed by atoms with Crippen molar-refractivity contribution in [1.29, 1.82) is 0 Å². The predicted octanol–water partition coefficient (Wildman–Crippen LogP) is 5.93. The first kappa shape index (κ1) is 25.3. The maximum atomic E-state index is 5.58. The molecule has 4 nitrogen and oxygen atoms in total. The first-order valence-electron chi connectivity index (χ1n) is 12.0. The summed E-state index contributed by atoms with van der Waals surface area (Å²) >= 11 is 5.58. The molecular formula is C26H42N4S. The molecule has 2 saturated heterocycles. The maximum absolute atomic E-state index is 5.58. The third-order valence-electron chi connectivity index (χ3n) is 5.83. The molecule has 0 saturated carbocycles. The van der Waals surface area contributed by atoms with E-state index in [9.17, 15) is 0 Å². The molecule has 2 heterocycles. The highest BCUT2D eigenvalue weighted by Gasteiger charge is 2.24. The molecule has 0 radical (unpaired) electrons. The molecule has 2 N–H and O–H groups in total. The number of aryl methyl sites for hydroxylation is 1. The summed E-state index contributed by atoms with van der Waals surface area (Å²) in [5.74, 6) is 0. The zero-order chi connectivity index (χ0) is 22.6. The Morgan fingerprint density at radius 2 is 1.65 bits per heavy atom. The first-order valence-corrected chi connectivity index (χ1v) is 12.4. The Balaban J connectivity index is 0.00000107. The summed E-state index contributed by atoms with van der Waals surface area (Å²) in [5, 5.41) is 7.47. The van der Waals surface area contributed by atoms with Gasteiger partial charge in [-0.15, -0.1) is 0 Å². The summed E-state index contributed by atoms with van der Waals surface area (Å²) in [5.41, 5.74) is 4.70. The minimum absolute atomic E-state index is 0.170. The molecule has 2 aliphatic rings.